The lowest BCUT2D eigenvalue weighted by Crippen LogP contribution is -2.41. The van der Waals surface area contributed by atoms with Crippen molar-refractivity contribution in [1.29, 1.82) is 0 Å². The van der Waals surface area contributed by atoms with Crippen LogP contribution in [0.1, 0.15) is 89.6 Å². The van der Waals surface area contributed by atoms with E-state index in [4.69, 9.17) is 9.47 Å². The molecule has 0 aliphatic carbocycles. The molecule has 0 spiro atoms. The van der Waals surface area contributed by atoms with E-state index in [1.54, 1.807) is 31.4 Å². The summed E-state index contributed by atoms with van der Waals surface area (Å²) in [7, 11) is 1.58. The van der Waals surface area contributed by atoms with Crippen LogP contribution in [-0.4, -0.2) is 43.8 Å². The van der Waals surface area contributed by atoms with Crippen LogP contribution >= 0.6 is 0 Å². The predicted molar refractivity (Wildman–Crippen MR) is 152 cm³/mol. The van der Waals surface area contributed by atoms with E-state index >= 15 is 0 Å². The Bertz CT molecular complexity index is 1030. The molecule has 0 fully saturated rings. The number of hydrogen-bond donors (Lipinski definition) is 3. The first-order valence-electron chi connectivity index (χ1n) is 13.4. The van der Waals surface area contributed by atoms with E-state index < -0.39 is 6.04 Å². The highest BCUT2D eigenvalue weighted by molar-refractivity contribution is 5.88. The van der Waals surface area contributed by atoms with Gasteiger partial charge >= 0.3 is 0 Å². The fourth-order valence-corrected chi connectivity index (χ4v) is 4.20. The first-order valence-corrected chi connectivity index (χ1v) is 13.4. The molecule has 2 amide bonds. The molecule has 0 saturated heterocycles. The van der Waals surface area contributed by atoms with Crippen molar-refractivity contribution in [1.82, 2.24) is 10.6 Å². The highest BCUT2D eigenvalue weighted by atomic mass is 16.5. The van der Waals surface area contributed by atoms with Crippen molar-refractivity contribution in [2.24, 2.45) is 0 Å². The summed E-state index contributed by atoms with van der Waals surface area (Å²) in [6, 6.07) is 10.3. The summed E-state index contributed by atoms with van der Waals surface area (Å²) < 4.78 is 10.6. The summed E-state index contributed by atoms with van der Waals surface area (Å²) >= 11 is 0. The Kier molecular flexibility index (Phi) is 11.2. The van der Waals surface area contributed by atoms with Crippen LogP contribution in [0, 0.1) is 0 Å². The lowest BCUT2D eigenvalue weighted by molar-refractivity contribution is -0.129. The van der Waals surface area contributed by atoms with Gasteiger partial charge in [0.1, 0.15) is 17.5 Å². The molecule has 0 unspecified atom stereocenters. The first kappa shape index (κ1) is 31.2. The van der Waals surface area contributed by atoms with E-state index in [1.807, 2.05) is 19.1 Å². The predicted octanol–water partition coefficient (Wildman–Crippen LogP) is 5.33. The zero-order valence-corrected chi connectivity index (χ0v) is 24.4. The fourth-order valence-electron chi connectivity index (χ4n) is 4.20. The molecule has 0 bridgehead atoms. The van der Waals surface area contributed by atoms with Crippen LogP contribution in [0.4, 0.5) is 0 Å². The van der Waals surface area contributed by atoms with Gasteiger partial charge in [0.25, 0.3) is 0 Å². The number of aryl methyl sites for hydroxylation is 1. The third kappa shape index (κ3) is 9.05. The van der Waals surface area contributed by atoms with Crippen molar-refractivity contribution >= 4 is 11.8 Å². The highest BCUT2D eigenvalue weighted by Gasteiger charge is 2.27. The van der Waals surface area contributed by atoms with Gasteiger partial charge in [0, 0.05) is 26.2 Å². The fraction of sp³-hybridized carbons (Fsp3) is 0.548. The number of amides is 2. The van der Waals surface area contributed by atoms with Crippen LogP contribution in [0.5, 0.6) is 11.5 Å². The maximum Gasteiger partial charge on any atom is 0.247 e. The van der Waals surface area contributed by atoms with Gasteiger partial charge in [0.05, 0.1) is 7.11 Å². The first-order chi connectivity index (χ1) is 17.8. The molecule has 0 aromatic heterocycles. The summed E-state index contributed by atoms with van der Waals surface area (Å²) in [4.78, 5) is 26.2. The smallest absolute Gasteiger partial charge is 0.247 e. The quantitative estimate of drug-likeness (QED) is 0.325. The summed E-state index contributed by atoms with van der Waals surface area (Å²) in [6.07, 6.45) is 1.39. The molecule has 3 N–H and O–H groups in total. The van der Waals surface area contributed by atoms with Gasteiger partial charge in [-0.15, -0.1) is 0 Å². The summed E-state index contributed by atoms with van der Waals surface area (Å²) in [6.45, 7) is 16.0. The van der Waals surface area contributed by atoms with Crippen LogP contribution in [0.2, 0.25) is 0 Å². The highest BCUT2D eigenvalue weighted by Crippen LogP contribution is 2.40. The molecule has 1 atom stereocenters. The third-order valence-corrected chi connectivity index (χ3v) is 6.41. The normalized spacial score (nSPS) is 12.6. The summed E-state index contributed by atoms with van der Waals surface area (Å²) in [5.74, 6) is 0.499. The van der Waals surface area contributed by atoms with Gasteiger partial charge in [-0.1, -0.05) is 65.8 Å². The minimum atomic E-state index is -0.824. The molecule has 2 aromatic carbocycles. The minimum absolute atomic E-state index is 0.211. The average Bonchev–Trinajstić information content (AvgIpc) is 2.85. The Morgan fingerprint density at radius 2 is 1.55 bits per heavy atom. The molecule has 0 heterocycles. The monoisotopic (exact) mass is 526 g/mol. The number of phenolic OH excluding ortho intramolecular Hbond substituents is 1. The maximum atomic E-state index is 13.1. The van der Waals surface area contributed by atoms with E-state index in [0.29, 0.717) is 49.7 Å². The van der Waals surface area contributed by atoms with Crippen LogP contribution < -0.4 is 15.4 Å². The van der Waals surface area contributed by atoms with Crippen molar-refractivity contribution in [3.63, 3.8) is 0 Å². The number of aromatic hydroxyl groups is 1. The number of phenols is 1. The lowest BCUT2D eigenvalue weighted by Gasteiger charge is -2.28. The average molecular weight is 527 g/mol. The summed E-state index contributed by atoms with van der Waals surface area (Å²) in [5, 5.41) is 16.8. The number of nitrogens with one attached hydrogen (secondary N) is 2. The molecule has 7 nitrogen and oxygen atoms in total. The molecule has 38 heavy (non-hydrogen) atoms. The molecular weight excluding hydrogens is 480 g/mol. The van der Waals surface area contributed by atoms with E-state index in [9.17, 15) is 14.7 Å². The topological polar surface area (TPSA) is 96.9 Å². The molecular formula is C31H46N2O5. The molecule has 0 aliphatic heterocycles. The standard InChI is InChI=1S/C31H46N2O5/c1-9-38-18-10-17-32-29(36)27(22-12-14-23(37-8)15-13-22)33-26(34)16-11-21-19-24(30(2,3)4)28(35)25(20-21)31(5,6)7/h12-15,19-20,27,35H,9-11,16-18H2,1-8H3,(H,32,36)(H,33,34)/t27-/m0/s1. The van der Waals surface area contributed by atoms with E-state index in [0.717, 1.165) is 16.7 Å². The Morgan fingerprint density at radius 1 is 0.974 bits per heavy atom. The zero-order valence-electron chi connectivity index (χ0n) is 24.4. The molecule has 2 aromatic rings. The molecule has 7 heteroatoms. The number of ether oxygens (including phenoxy) is 2. The largest absolute Gasteiger partial charge is 0.507 e. The van der Waals surface area contributed by atoms with Gasteiger partial charge in [-0.25, -0.2) is 0 Å². The second kappa shape index (κ2) is 13.7. The Hall–Kier alpha value is -3.06. The molecule has 2 rings (SSSR count). The van der Waals surface area contributed by atoms with Gasteiger partial charge in [-0.05, 0) is 65.0 Å². The van der Waals surface area contributed by atoms with Gasteiger partial charge < -0.3 is 25.2 Å². The SMILES string of the molecule is CCOCCCNC(=O)[C@@H](NC(=O)CCc1cc(C(C)(C)C)c(O)c(C(C)(C)C)c1)c1ccc(OC)cc1. The number of carbonyl (C=O) groups is 2. The van der Waals surface area contributed by atoms with E-state index in [1.165, 1.54) is 0 Å². The van der Waals surface area contributed by atoms with Gasteiger partial charge in [-0.3, -0.25) is 9.59 Å². The second-order valence-corrected chi connectivity index (χ2v) is 11.7. The van der Waals surface area contributed by atoms with Crippen molar-refractivity contribution in [3.8, 4) is 11.5 Å². The summed E-state index contributed by atoms with van der Waals surface area (Å²) in [5.41, 5.74) is 2.89. The van der Waals surface area contributed by atoms with Crippen LogP contribution in [0.3, 0.4) is 0 Å². The second-order valence-electron chi connectivity index (χ2n) is 11.7. The van der Waals surface area contributed by atoms with Crippen molar-refractivity contribution in [3.05, 3.63) is 58.7 Å². The third-order valence-electron chi connectivity index (χ3n) is 6.41. The lowest BCUT2D eigenvalue weighted by atomic mass is 9.78. The van der Waals surface area contributed by atoms with Crippen LogP contribution in [0.25, 0.3) is 0 Å². The molecule has 0 saturated carbocycles. The molecule has 210 valence electrons. The Morgan fingerprint density at radius 3 is 2.05 bits per heavy atom. The zero-order chi connectivity index (χ0) is 28.5. The number of benzene rings is 2. The Balaban J connectivity index is 2.20. The van der Waals surface area contributed by atoms with Gasteiger partial charge in [0.2, 0.25) is 11.8 Å². The van der Waals surface area contributed by atoms with Gasteiger partial charge in [-0.2, -0.15) is 0 Å². The van der Waals surface area contributed by atoms with E-state index in [-0.39, 0.29) is 29.1 Å². The Labute approximate surface area is 228 Å². The minimum Gasteiger partial charge on any atom is -0.507 e. The van der Waals surface area contributed by atoms with Gasteiger partial charge in [0.15, 0.2) is 0 Å². The number of rotatable bonds is 12. The van der Waals surface area contributed by atoms with Crippen molar-refractivity contribution in [2.45, 2.75) is 84.6 Å². The maximum absolute atomic E-state index is 13.1. The van der Waals surface area contributed by atoms with Crippen LogP contribution in [-0.2, 0) is 31.6 Å². The molecule has 0 radical (unpaired) electrons. The van der Waals surface area contributed by atoms with Crippen molar-refractivity contribution in [2.75, 3.05) is 26.9 Å². The number of hydrogen-bond acceptors (Lipinski definition) is 5. The number of methoxy groups -OCH3 is 1. The molecule has 0 aliphatic rings. The van der Waals surface area contributed by atoms with E-state index in [2.05, 4.69) is 52.2 Å². The van der Waals surface area contributed by atoms with Crippen LogP contribution in [0.15, 0.2) is 36.4 Å². The van der Waals surface area contributed by atoms with Crippen molar-refractivity contribution < 1.29 is 24.2 Å². The number of carbonyl (C=O) groups excluding carboxylic acids is 2.